The van der Waals surface area contributed by atoms with Crippen molar-refractivity contribution in [3.63, 3.8) is 0 Å². The van der Waals surface area contributed by atoms with E-state index in [4.69, 9.17) is 16.3 Å². The van der Waals surface area contributed by atoms with Gasteiger partial charge in [0.1, 0.15) is 5.60 Å². The molecule has 1 rings (SSSR count). The second-order valence-corrected chi connectivity index (χ2v) is 6.10. The van der Waals surface area contributed by atoms with Crippen LogP contribution in [0.15, 0.2) is 18.2 Å². The van der Waals surface area contributed by atoms with Crippen LogP contribution in [0.3, 0.4) is 0 Å². The molecule has 0 radical (unpaired) electrons. The van der Waals surface area contributed by atoms with Crippen LogP contribution in [0.2, 0.25) is 5.02 Å². The van der Waals surface area contributed by atoms with E-state index < -0.39 is 11.7 Å². The second kappa shape index (κ2) is 7.31. The average Bonchev–Trinajstić information content (AvgIpc) is 2.28. The average molecular weight is 313 g/mol. The van der Waals surface area contributed by atoms with Gasteiger partial charge in [0.25, 0.3) is 0 Å². The van der Waals surface area contributed by atoms with Crippen molar-refractivity contribution in [2.24, 2.45) is 0 Å². The molecule has 0 atom stereocenters. The lowest BCUT2D eigenvalue weighted by Gasteiger charge is -2.19. The van der Waals surface area contributed by atoms with Gasteiger partial charge in [-0.3, -0.25) is 4.79 Å². The molecule has 0 spiro atoms. The predicted octanol–water partition coefficient (Wildman–Crippen LogP) is 3.37. The largest absolute Gasteiger partial charge is 0.444 e. The highest BCUT2D eigenvalue weighted by Gasteiger charge is 2.15. The lowest BCUT2D eigenvalue weighted by Crippen LogP contribution is -2.33. The van der Waals surface area contributed by atoms with Crippen molar-refractivity contribution < 1.29 is 14.3 Å². The van der Waals surface area contributed by atoms with Crippen LogP contribution in [0.4, 0.5) is 10.5 Å². The van der Waals surface area contributed by atoms with Gasteiger partial charge in [-0.15, -0.1) is 0 Å². The van der Waals surface area contributed by atoms with Crippen LogP contribution in [-0.4, -0.2) is 24.1 Å². The first-order chi connectivity index (χ1) is 9.67. The maximum absolute atomic E-state index is 11.5. The molecule has 0 aliphatic heterocycles. The number of hydrogen-bond acceptors (Lipinski definition) is 3. The summed E-state index contributed by atoms with van der Waals surface area (Å²) < 4.78 is 5.15. The van der Waals surface area contributed by atoms with Gasteiger partial charge >= 0.3 is 6.09 Å². The highest BCUT2D eigenvalue weighted by Crippen LogP contribution is 2.21. The summed E-state index contributed by atoms with van der Waals surface area (Å²) in [6.07, 6.45) is 0.101. The van der Waals surface area contributed by atoms with Crippen LogP contribution in [0.5, 0.6) is 0 Å². The fourth-order valence-electron chi connectivity index (χ4n) is 1.69. The maximum atomic E-state index is 11.5. The van der Waals surface area contributed by atoms with Gasteiger partial charge in [-0.1, -0.05) is 17.7 Å². The van der Waals surface area contributed by atoms with E-state index in [-0.39, 0.29) is 5.91 Å². The Morgan fingerprint density at radius 3 is 2.52 bits per heavy atom. The van der Waals surface area contributed by atoms with Crippen LogP contribution in [0, 0.1) is 0 Å². The normalized spacial score (nSPS) is 10.9. The molecule has 0 saturated heterocycles. The van der Waals surface area contributed by atoms with Crippen molar-refractivity contribution in [3.8, 4) is 0 Å². The molecule has 0 aromatic heterocycles. The minimum Gasteiger partial charge on any atom is -0.444 e. The van der Waals surface area contributed by atoms with Crippen LogP contribution < -0.4 is 10.6 Å². The molecule has 21 heavy (non-hydrogen) atoms. The zero-order valence-corrected chi connectivity index (χ0v) is 13.5. The molecule has 0 aliphatic carbocycles. The Morgan fingerprint density at radius 2 is 1.95 bits per heavy atom. The molecule has 0 unspecified atom stereocenters. The van der Waals surface area contributed by atoms with Crippen molar-refractivity contribution in [2.75, 3.05) is 11.9 Å². The van der Waals surface area contributed by atoms with Gasteiger partial charge in [0, 0.05) is 24.2 Å². The standard InChI is InChI=1S/C15H21ClN2O3/c1-10(19)18-13-9-12(16)6-5-11(13)7-8-17-14(20)21-15(2,3)4/h5-6,9H,7-8H2,1-4H3,(H,17,20)(H,18,19). The minimum atomic E-state index is -0.522. The number of nitrogens with one attached hydrogen (secondary N) is 2. The molecule has 0 aliphatic rings. The number of anilines is 1. The molecular weight excluding hydrogens is 292 g/mol. The number of carbonyl (C=O) groups excluding carboxylic acids is 2. The summed E-state index contributed by atoms with van der Waals surface area (Å²) in [5.74, 6) is -0.168. The van der Waals surface area contributed by atoms with Gasteiger partial charge in [-0.25, -0.2) is 4.79 Å². The molecule has 0 heterocycles. The summed E-state index contributed by atoms with van der Waals surface area (Å²) >= 11 is 5.92. The Hall–Kier alpha value is -1.75. The van der Waals surface area contributed by atoms with E-state index in [1.54, 1.807) is 32.9 Å². The summed E-state index contributed by atoms with van der Waals surface area (Å²) in [6.45, 7) is 7.26. The zero-order chi connectivity index (χ0) is 16.0. The van der Waals surface area contributed by atoms with Crippen LogP contribution in [0.25, 0.3) is 0 Å². The number of halogens is 1. The van der Waals surface area contributed by atoms with Crippen LogP contribution in [0.1, 0.15) is 33.3 Å². The number of benzene rings is 1. The van der Waals surface area contributed by atoms with Gasteiger partial charge < -0.3 is 15.4 Å². The first-order valence-electron chi connectivity index (χ1n) is 6.70. The smallest absolute Gasteiger partial charge is 0.407 e. The molecule has 0 saturated carbocycles. The number of ether oxygens (including phenoxy) is 1. The summed E-state index contributed by atoms with van der Waals surface area (Å²) in [4.78, 5) is 22.7. The maximum Gasteiger partial charge on any atom is 0.407 e. The first-order valence-corrected chi connectivity index (χ1v) is 7.08. The van der Waals surface area contributed by atoms with Crippen molar-refractivity contribution in [1.82, 2.24) is 5.32 Å². The van der Waals surface area contributed by atoms with Gasteiger partial charge in [-0.05, 0) is 44.9 Å². The molecule has 5 nitrogen and oxygen atoms in total. The molecule has 1 aromatic rings. The highest BCUT2D eigenvalue weighted by molar-refractivity contribution is 6.31. The topological polar surface area (TPSA) is 67.4 Å². The molecule has 6 heteroatoms. The second-order valence-electron chi connectivity index (χ2n) is 5.66. The minimum absolute atomic E-state index is 0.168. The quantitative estimate of drug-likeness (QED) is 0.895. The lowest BCUT2D eigenvalue weighted by atomic mass is 10.1. The van der Waals surface area contributed by atoms with Crippen molar-refractivity contribution in [1.29, 1.82) is 0 Å². The van der Waals surface area contributed by atoms with Crippen LogP contribution in [-0.2, 0) is 16.0 Å². The third kappa shape index (κ3) is 6.99. The Bertz CT molecular complexity index is 524. The van der Waals surface area contributed by atoms with E-state index >= 15 is 0 Å². The third-order valence-electron chi connectivity index (χ3n) is 2.45. The Morgan fingerprint density at radius 1 is 1.29 bits per heavy atom. The first kappa shape index (κ1) is 17.3. The van der Waals surface area contributed by atoms with Gasteiger partial charge in [0.2, 0.25) is 5.91 Å². The molecule has 2 N–H and O–H groups in total. The molecule has 0 fully saturated rings. The number of rotatable bonds is 4. The van der Waals surface area contributed by atoms with Crippen molar-refractivity contribution >= 4 is 29.3 Å². The van der Waals surface area contributed by atoms with E-state index in [0.717, 1.165) is 5.56 Å². The van der Waals surface area contributed by atoms with Gasteiger partial charge in [0.05, 0.1) is 0 Å². The molecule has 116 valence electrons. The fraction of sp³-hybridized carbons (Fsp3) is 0.467. The number of hydrogen-bond donors (Lipinski definition) is 2. The van der Waals surface area contributed by atoms with Gasteiger partial charge in [-0.2, -0.15) is 0 Å². The van der Waals surface area contributed by atoms with Crippen LogP contribution >= 0.6 is 11.6 Å². The fourth-order valence-corrected chi connectivity index (χ4v) is 1.86. The van der Waals surface area contributed by atoms with Crippen molar-refractivity contribution in [2.45, 2.75) is 39.7 Å². The predicted molar refractivity (Wildman–Crippen MR) is 83.7 cm³/mol. The summed E-state index contributed by atoms with van der Waals surface area (Å²) in [5.41, 5.74) is 1.03. The van der Waals surface area contributed by atoms with E-state index in [9.17, 15) is 9.59 Å². The molecule has 0 bridgehead atoms. The molecular formula is C15H21ClN2O3. The summed E-state index contributed by atoms with van der Waals surface area (Å²) in [6, 6.07) is 5.26. The zero-order valence-electron chi connectivity index (χ0n) is 12.7. The van der Waals surface area contributed by atoms with Crippen molar-refractivity contribution in [3.05, 3.63) is 28.8 Å². The molecule has 2 amide bonds. The molecule has 1 aromatic carbocycles. The van der Waals surface area contributed by atoms with E-state index in [1.165, 1.54) is 6.92 Å². The summed E-state index contributed by atoms with van der Waals surface area (Å²) in [5, 5.41) is 5.94. The highest BCUT2D eigenvalue weighted by atomic mass is 35.5. The Labute approximate surface area is 130 Å². The Balaban J connectivity index is 2.59. The lowest BCUT2D eigenvalue weighted by molar-refractivity contribution is -0.114. The monoisotopic (exact) mass is 312 g/mol. The summed E-state index contributed by atoms with van der Waals surface area (Å²) in [7, 11) is 0. The SMILES string of the molecule is CC(=O)Nc1cc(Cl)ccc1CCNC(=O)OC(C)(C)C. The number of amides is 2. The Kier molecular flexibility index (Phi) is 6.03. The third-order valence-corrected chi connectivity index (χ3v) is 2.68. The number of alkyl carbamates (subject to hydrolysis) is 1. The van der Waals surface area contributed by atoms with Gasteiger partial charge in [0.15, 0.2) is 0 Å². The van der Waals surface area contributed by atoms with E-state index in [2.05, 4.69) is 10.6 Å². The van der Waals surface area contributed by atoms with E-state index in [0.29, 0.717) is 23.7 Å². The van der Waals surface area contributed by atoms with E-state index in [1.807, 2.05) is 6.07 Å². The number of carbonyl (C=O) groups is 2.